The van der Waals surface area contributed by atoms with Crippen molar-refractivity contribution in [3.63, 3.8) is 0 Å². The fourth-order valence-electron chi connectivity index (χ4n) is 2.66. The van der Waals surface area contributed by atoms with Crippen LogP contribution in [0, 0.1) is 12.7 Å². The number of hydrogen-bond donors (Lipinski definition) is 2. The molecule has 3 aromatic rings. The Hall–Kier alpha value is -2.77. The second-order valence-electron chi connectivity index (χ2n) is 6.19. The monoisotopic (exact) mass is 386 g/mol. The van der Waals surface area contributed by atoms with E-state index in [0.29, 0.717) is 0 Å². The molecule has 0 atom stereocenters. The van der Waals surface area contributed by atoms with Crippen LogP contribution in [0.1, 0.15) is 12.0 Å². The molecule has 0 radical (unpaired) electrons. The second kappa shape index (κ2) is 7.85. The maximum absolute atomic E-state index is 13.7. The van der Waals surface area contributed by atoms with E-state index in [9.17, 15) is 17.6 Å². The van der Waals surface area contributed by atoms with Crippen LogP contribution >= 0.6 is 0 Å². The number of sulfonamides is 1. The molecule has 3 rings (SSSR count). The van der Waals surface area contributed by atoms with Gasteiger partial charge >= 0.3 is 0 Å². The predicted octanol–water partition coefficient (Wildman–Crippen LogP) is 3.59. The van der Waals surface area contributed by atoms with E-state index < -0.39 is 21.7 Å². The first-order valence-corrected chi connectivity index (χ1v) is 9.88. The zero-order chi connectivity index (χ0) is 19.4. The summed E-state index contributed by atoms with van der Waals surface area (Å²) in [5.74, 6) is -1.01. The Labute approximate surface area is 157 Å². The van der Waals surface area contributed by atoms with Gasteiger partial charge in [-0.05, 0) is 47.5 Å². The number of carbonyl (C=O) groups is 1. The van der Waals surface area contributed by atoms with Gasteiger partial charge in [-0.3, -0.25) is 4.79 Å². The second-order valence-corrected chi connectivity index (χ2v) is 7.96. The van der Waals surface area contributed by atoms with Gasteiger partial charge in [-0.1, -0.05) is 36.4 Å². The standard InChI is InChI=1S/C20H19FN2O3S/c1-14-6-9-18(21)19(12-14)23-20(24)10-11-22-27(25,26)17-8-7-15-4-2-3-5-16(15)13-17/h2-9,12-13,22H,10-11H2,1H3,(H,23,24). The predicted molar refractivity (Wildman–Crippen MR) is 104 cm³/mol. The van der Waals surface area contributed by atoms with Crippen molar-refractivity contribution >= 4 is 32.4 Å². The molecule has 0 aliphatic carbocycles. The zero-order valence-corrected chi connectivity index (χ0v) is 15.5. The molecule has 3 aromatic carbocycles. The molecule has 1 amide bonds. The minimum Gasteiger partial charge on any atom is -0.324 e. The molecule has 7 heteroatoms. The van der Waals surface area contributed by atoms with Crippen molar-refractivity contribution in [2.75, 3.05) is 11.9 Å². The summed E-state index contributed by atoms with van der Waals surface area (Å²) in [5.41, 5.74) is 0.890. The van der Waals surface area contributed by atoms with Gasteiger partial charge in [0.05, 0.1) is 10.6 Å². The lowest BCUT2D eigenvalue weighted by molar-refractivity contribution is -0.116. The number of amides is 1. The molecule has 0 aromatic heterocycles. The summed E-state index contributed by atoms with van der Waals surface area (Å²) in [4.78, 5) is 12.1. The fraction of sp³-hybridized carbons (Fsp3) is 0.150. The highest BCUT2D eigenvalue weighted by atomic mass is 32.2. The average molecular weight is 386 g/mol. The molecule has 0 saturated carbocycles. The lowest BCUT2D eigenvalue weighted by Gasteiger charge is -2.09. The Bertz CT molecular complexity index is 1100. The van der Waals surface area contributed by atoms with E-state index >= 15 is 0 Å². The number of halogens is 1. The van der Waals surface area contributed by atoms with Gasteiger partial charge in [0.25, 0.3) is 0 Å². The Morgan fingerprint density at radius 2 is 1.74 bits per heavy atom. The lowest BCUT2D eigenvalue weighted by atomic mass is 10.1. The summed E-state index contributed by atoms with van der Waals surface area (Å²) < 4.78 is 40.9. The molecule has 2 N–H and O–H groups in total. The van der Waals surface area contributed by atoms with Gasteiger partial charge in [-0.25, -0.2) is 17.5 Å². The number of aryl methyl sites for hydroxylation is 1. The molecule has 0 aliphatic heterocycles. The van der Waals surface area contributed by atoms with Gasteiger partial charge in [0, 0.05) is 13.0 Å². The molecule has 0 unspecified atom stereocenters. The fourth-order valence-corrected chi connectivity index (χ4v) is 3.73. The van der Waals surface area contributed by atoms with Crippen LogP contribution in [0.4, 0.5) is 10.1 Å². The van der Waals surface area contributed by atoms with E-state index in [4.69, 9.17) is 0 Å². The van der Waals surface area contributed by atoms with Crippen molar-refractivity contribution in [1.29, 1.82) is 0 Å². The highest BCUT2D eigenvalue weighted by Crippen LogP contribution is 2.19. The van der Waals surface area contributed by atoms with Gasteiger partial charge in [0.2, 0.25) is 15.9 Å². The average Bonchev–Trinajstić information content (AvgIpc) is 2.64. The first-order chi connectivity index (χ1) is 12.8. The van der Waals surface area contributed by atoms with Gasteiger partial charge in [0.1, 0.15) is 5.82 Å². The SMILES string of the molecule is Cc1ccc(F)c(NC(=O)CCNS(=O)(=O)c2ccc3ccccc3c2)c1. The summed E-state index contributed by atoms with van der Waals surface area (Å²) in [6, 6.07) is 16.7. The molecule has 0 aliphatic rings. The van der Waals surface area contributed by atoms with E-state index in [0.717, 1.165) is 16.3 Å². The Balaban J connectivity index is 1.61. The van der Waals surface area contributed by atoms with Gasteiger partial charge < -0.3 is 5.32 Å². The van der Waals surface area contributed by atoms with Crippen molar-refractivity contribution in [3.05, 3.63) is 72.0 Å². The van der Waals surface area contributed by atoms with E-state index in [1.165, 1.54) is 18.2 Å². The summed E-state index contributed by atoms with van der Waals surface area (Å²) in [7, 11) is -3.74. The smallest absolute Gasteiger partial charge is 0.240 e. The van der Waals surface area contributed by atoms with E-state index in [-0.39, 0.29) is 23.5 Å². The molecule has 27 heavy (non-hydrogen) atoms. The Morgan fingerprint density at radius 3 is 2.52 bits per heavy atom. The van der Waals surface area contributed by atoms with Crippen molar-refractivity contribution < 1.29 is 17.6 Å². The quantitative estimate of drug-likeness (QED) is 0.680. The van der Waals surface area contributed by atoms with Gasteiger partial charge in [-0.2, -0.15) is 0 Å². The first kappa shape index (κ1) is 19.0. The molecular weight excluding hydrogens is 367 g/mol. The third kappa shape index (κ3) is 4.69. The largest absolute Gasteiger partial charge is 0.324 e. The Morgan fingerprint density at radius 1 is 1.00 bits per heavy atom. The van der Waals surface area contributed by atoms with Crippen LogP contribution in [0.15, 0.2) is 65.6 Å². The van der Waals surface area contributed by atoms with E-state index in [2.05, 4.69) is 10.0 Å². The number of anilines is 1. The maximum Gasteiger partial charge on any atom is 0.240 e. The number of hydrogen-bond acceptors (Lipinski definition) is 3. The normalized spacial score (nSPS) is 11.5. The van der Waals surface area contributed by atoms with Crippen molar-refractivity contribution in [1.82, 2.24) is 4.72 Å². The third-order valence-corrected chi connectivity index (χ3v) is 5.53. The van der Waals surface area contributed by atoms with Gasteiger partial charge in [-0.15, -0.1) is 0 Å². The van der Waals surface area contributed by atoms with Crippen LogP contribution in [-0.4, -0.2) is 20.9 Å². The number of nitrogens with one attached hydrogen (secondary N) is 2. The molecule has 0 heterocycles. The number of benzene rings is 3. The van der Waals surface area contributed by atoms with Crippen LogP contribution in [0.3, 0.4) is 0 Å². The van der Waals surface area contributed by atoms with Crippen LogP contribution < -0.4 is 10.0 Å². The molecule has 0 fully saturated rings. The van der Waals surface area contributed by atoms with Crippen LogP contribution in [0.2, 0.25) is 0 Å². The zero-order valence-electron chi connectivity index (χ0n) is 14.7. The minimum absolute atomic E-state index is 0.0809. The van der Waals surface area contributed by atoms with E-state index in [1.54, 1.807) is 25.1 Å². The van der Waals surface area contributed by atoms with Crippen LogP contribution in [0.5, 0.6) is 0 Å². The highest BCUT2D eigenvalue weighted by molar-refractivity contribution is 7.89. The topological polar surface area (TPSA) is 75.3 Å². The maximum atomic E-state index is 13.7. The number of rotatable bonds is 6. The van der Waals surface area contributed by atoms with Crippen molar-refractivity contribution in [3.8, 4) is 0 Å². The van der Waals surface area contributed by atoms with Crippen molar-refractivity contribution in [2.24, 2.45) is 0 Å². The van der Waals surface area contributed by atoms with Crippen LogP contribution in [-0.2, 0) is 14.8 Å². The summed E-state index contributed by atoms with van der Waals surface area (Å²) >= 11 is 0. The van der Waals surface area contributed by atoms with Crippen LogP contribution in [0.25, 0.3) is 10.8 Å². The first-order valence-electron chi connectivity index (χ1n) is 8.40. The summed E-state index contributed by atoms with van der Waals surface area (Å²) in [5, 5.41) is 4.21. The summed E-state index contributed by atoms with van der Waals surface area (Å²) in [6.07, 6.45) is -0.111. The molecule has 0 saturated heterocycles. The summed E-state index contributed by atoms with van der Waals surface area (Å²) in [6.45, 7) is 1.70. The number of carbonyl (C=O) groups excluding carboxylic acids is 1. The van der Waals surface area contributed by atoms with Gasteiger partial charge in [0.15, 0.2) is 0 Å². The van der Waals surface area contributed by atoms with Crippen molar-refractivity contribution in [2.45, 2.75) is 18.2 Å². The van der Waals surface area contributed by atoms with E-state index in [1.807, 2.05) is 24.3 Å². The molecular formula is C20H19FN2O3S. The Kier molecular flexibility index (Phi) is 5.53. The number of fused-ring (bicyclic) bond motifs is 1. The third-order valence-electron chi connectivity index (χ3n) is 4.07. The molecule has 5 nitrogen and oxygen atoms in total. The highest BCUT2D eigenvalue weighted by Gasteiger charge is 2.15. The molecule has 140 valence electrons. The molecule has 0 spiro atoms. The molecule has 0 bridgehead atoms. The lowest BCUT2D eigenvalue weighted by Crippen LogP contribution is -2.28. The minimum atomic E-state index is -3.74.